The van der Waals surface area contributed by atoms with E-state index < -0.39 is 0 Å². The van der Waals surface area contributed by atoms with Gasteiger partial charge in [0.05, 0.1) is 17.4 Å². The predicted molar refractivity (Wildman–Crippen MR) is 63.6 cm³/mol. The monoisotopic (exact) mass is 237 g/mol. The van der Waals surface area contributed by atoms with Crippen molar-refractivity contribution in [1.29, 1.82) is 0 Å². The molecule has 0 saturated heterocycles. The van der Waals surface area contributed by atoms with Crippen molar-refractivity contribution in [2.24, 2.45) is 0 Å². The second kappa shape index (κ2) is 4.89. The highest BCUT2D eigenvalue weighted by atomic mass is 35.5. The first-order valence-corrected chi connectivity index (χ1v) is 4.82. The number of halogens is 2. The summed E-state index contributed by atoms with van der Waals surface area (Å²) in [5.41, 5.74) is 0.837. The Morgan fingerprint density at radius 3 is 2.43 bits per heavy atom. The average Bonchev–Trinajstić information content (AvgIpc) is 2.32. The van der Waals surface area contributed by atoms with Crippen molar-refractivity contribution in [3.8, 4) is 0 Å². The third-order valence-electron chi connectivity index (χ3n) is 1.71. The molecule has 0 aliphatic carbocycles. The summed E-state index contributed by atoms with van der Waals surface area (Å²) in [6, 6.07) is 0. The van der Waals surface area contributed by atoms with Crippen molar-refractivity contribution in [2.75, 3.05) is 11.9 Å². The fourth-order valence-electron chi connectivity index (χ4n) is 1.11. The van der Waals surface area contributed by atoms with Crippen LogP contribution < -0.4 is 5.32 Å². The maximum Gasteiger partial charge on any atom is 0.150 e. The van der Waals surface area contributed by atoms with Gasteiger partial charge >= 0.3 is 0 Å². The molecule has 1 aromatic heterocycles. The standard InChI is InChI=1S/C9H16ClN3.ClH/c1-5-11-7-6-12-13(8(7)10)9(2,3)4;/h6,11H,5H2,1-4H3;1H. The summed E-state index contributed by atoms with van der Waals surface area (Å²) < 4.78 is 1.81. The summed E-state index contributed by atoms with van der Waals surface area (Å²) in [6.07, 6.45) is 1.76. The Hall–Kier alpha value is -0.410. The molecule has 1 N–H and O–H groups in total. The molecule has 1 heterocycles. The van der Waals surface area contributed by atoms with Crippen LogP contribution in [0.5, 0.6) is 0 Å². The van der Waals surface area contributed by atoms with E-state index in [4.69, 9.17) is 11.6 Å². The first-order valence-electron chi connectivity index (χ1n) is 4.44. The summed E-state index contributed by atoms with van der Waals surface area (Å²) in [5.74, 6) is 0. The molecule has 1 rings (SSSR count). The van der Waals surface area contributed by atoms with E-state index in [0.29, 0.717) is 5.15 Å². The van der Waals surface area contributed by atoms with Crippen molar-refractivity contribution in [3.05, 3.63) is 11.3 Å². The van der Waals surface area contributed by atoms with Crippen molar-refractivity contribution < 1.29 is 0 Å². The van der Waals surface area contributed by atoms with Crippen LogP contribution in [-0.2, 0) is 5.54 Å². The Bertz CT molecular complexity index is 289. The topological polar surface area (TPSA) is 29.9 Å². The minimum Gasteiger partial charge on any atom is -0.382 e. The van der Waals surface area contributed by atoms with Gasteiger partial charge in [0, 0.05) is 6.54 Å². The summed E-state index contributed by atoms with van der Waals surface area (Å²) in [7, 11) is 0. The van der Waals surface area contributed by atoms with Crippen LogP contribution in [0.15, 0.2) is 6.20 Å². The zero-order chi connectivity index (χ0) is 10.1. The van der Waals surface area contributed by atoms with Gasteiger partial charge in [-0.3, -0.25) is 0 Å². The highest BCUT2D eigenvalue weighted by Gasteiger charge is 2.19. The fraction of sp³-hybridized carbons (Fsp3) is 0.667. The van der Waals surface area contributed by atoms with E-state index in [1.54, 1.807) is 6.20 Å². The number of anilines is 1. The molecule has 0 amide bonds. The normalized spacial score (nSPS) is 10.9. The van der Waals surface area contributed by atoms with Gasteiger partial charge in [-0.05, 0) is 27.7 Å². The lowest BCUT2D eigenvalue weighted by molar-refractivity contribution is 0.356. The summed E-state index contributed by atoms with van der Waals surface area (Å²) in [6.45, 7) is 9.10. The lowest BCUT2D eigenvalue weighted by Crippen LogP contribution is -2.23. The number of hydrogen-bond donors (Lipinski definition) is 1. The Balaban J connectivity index is 0.00000169. The smallest absolute Gasteiger partial charge is 0.150 e. The lowest BCUT2D eigenvalue weighted by atomic mass is 10.1. The molecule has 0 unspecified atom stereocenters. The zero-order valence-electron chi connectivity index (χ0n) is 8.97. The molecule has 0 atom stereocenters. The Kier molecular flexibility index (Phi) is 4.75. The van der Waals surface area contributed by atoms with Crippen LogP contribution in [0.2, 0.25) is 5.15 Å². The highest BCUT2D eigenvalue weighted by molar-refractivity contribution is 6.32. The molecule has 0 radical (unpaired) electrons. The fourth-order valence-corrected chi connectivity index (χ4v) is 1.52. The van der Waals surface area contributed by atoms with E-state index in [-0.39, 0.29) is 17.9 Å². The minimum absolute atomic E-state index is 0. The number of nitrogens with one attached hydrogen (secondary N) is 1. The summed E-state index contributed by atoms with van der Waals surface area (Å²) in [5, 5.41) is 8.06. The number of nitrogens with zero attached hydrogens (tertiary/aromatic N) is 2. The largest absolute Gasteiger partial charge is 0.382 e. The maximum absolute atomic E-state index is 6.13. The third-order valence-corrected chi connectivity index (χ3v) is 2.08. The van der Waals surface area contributed by atoms with Gasteiger partial charge in [0.2, 0.25) is 0 Å². The van der Waals surface area contributed by atoms with Gasteiger partial charge in [0.25, 0.3) is 0 Å². The van der Waals surface area contributed by atoms with Crippen molar-refractivity contribution in [1.82, 2.24) is 9.78 Å². The molecule has 0 aliphatic heterocycles. The molecule has 82 valence electrons. The van der Waals surface area contributed by atoms with Gasteiger partial charge in [0.15, 0.2) is 5.15 Å². The Morgan fingerprint density at radius 1 is 1.50 bits per heavy atom. The lowest BCUT2D eigenvalue weighted by Gasteiger charge is -2.20. The van der Waals surface area contributed by atoms with Gasteiger partial charge in [-0.1, -0.05) is 11.6 Å². The van der Waals surface area contributed by atoms with Crippen LogP contribution in [0.1, 0.15) is 27.7 Å². The van der Waals surface area contributed by atoms with Gasteiger partial charge in [-0.2, -0.15) is 5.10 Å². The molecule has 0 bridgehead atoms. The Morgan fingerprint density at radius 2 is 2.07 bits per heavy atom. The van der Waals surface area contributed by atoms with E-state index in [1.165, 1.54) is 0 Å². The van der Waals surface area contributed by atoms with Crippen LogP contribution >= 0.6 is 24.0 Å². The summed E-state index contributed by atoms with van der Waals surface area (Å²) in [4.78, 5) is 0. The van der Waals surface area contributed by atoms with Crippen LogP contribution in [0, 0.1) is 0 Å². The molecule has 0 saturated carbocycles. The van der Waals surface area contributed by atoms with Gasteiger partial charge in [-0.15, -0.1) is 12.4 Å². The number of hydrogen-bond acceptors (Lipinski definition) is 2. The molecular weight excluding hydrogens is 221 g/mol. The first kappa shape index (κ1) is 13.6. The van der Waals surface area contributed by atoms with Crippen LogP contribution in [0.25, 0.3) is 0 Å². The van der Waals surface area contributed by atoms with E-state index in [0.717, 1.165) is 12.2 Å². The number of rotatable bonds is 2. The molecule has 14 heavy (non-hydrogen) atoms. The van der Waals surface area contributed by atoms with Crippen molar-refractivity contribution >= 4 is 29.7 Å². The molecule has 1 aromatic rings. The van der Waals surface area contributed by atoms with Crippen molar-refractivity contribution in [3.63, 3.8) is 0 Å². The van der Waals surface area contributed by atoms with E-state index in [1.807, 2.05) is 11.6 Å². The molecule has 3 nitrogen and oxygen atoms in total. The SMILES string of the molecule is CCNc1cnn(C(C)(C)C)c1Cl.Cl. The first-order chi connectivity index (χ1) is 5.96. The summed E-state index contributed by atoms with van der Waals surface area (Å²) >= 11 is 6.13. The average molecular weight is 238 g/mol. The highest BCUT2D eigenvalue weighted by Crippen LogP contribution is 2.26. The van der Waals surface area contributed by atoms with E-state index in [2.05, 4.69) is 31.2 Å². The predicted octanol–water partition coefficient (Wildman–Crippen LogP) is 3.15. The molecule has 0 aromatic carbocycles. The number of aromatic nitrogens is 2. The van der Waals surface area contributed by atoms with Gasteiger partial charge < -0.3 is 5.32 Å². The zero-order valence-corrected chi connectivity index (χ0v) is 10.5. The van der Waals surface area contributed by atoms with E-state index >= 15 is 0 Å². The third kappa shape index (κ3) is 2.79. The van der Waals surface area contributed by atoms with Gasteiger partial charge in [0.1, 0.15) is 0 Å². The van der Waals surface area contributed by atoms with Crippen molar-refractivity contribution in [2.45, 2.75) is 33.2 Å². The second-order valence-corrected chi connectivity index (χ2v) is 4.32. The Labute approximate surface area is 96.2 Å². The quantitative estimate of drug-likeness (QED) is 0.857. The molecule has 0 fully saturated rings. The molecular formula is C9H17Cl2N3. The second-order valence-electron chi connectivity index (χ2n) is 3.96. The molecule has 0 aliphatic rings. The minimum atomic E-state index is -0.0647. The van der Waals surface area contributed by atoms with Crippen LogP contribution in [-0.4, -0.2) is 16.3 Å². The maximum atomic E-state index is 6.13. The van der Waals surface area contributed by atoms with Crippen LogP contribution in [0.3, 0.4) is 0 Å². The molecule has 5 heteroatoms. The van der Waals surface area contributed by atoms with Gasteiger partial charge in [-0.25, -0.2) is 4.68 Å². The van der Waals surface area contributed by atoms with Crippen LogP contribution in [0.4, 0.5) is 5.69 Å². The van der Waals surface area contributed by atoms with E-state index in [9.17, 15) is 0 Å². The molecule has 0 spiro atoms.